The lowest BCUT2D eigenvalue weighted by Gasteiger charge is -2.24. The first-order valence-corrected chi connectivity index (χ1v) is 7.78. The summed E-state index contributed by atoms with van der Waals surface area (Å²) in [6.07, 6.45) is 1.15. The first-order chi connectivity index (χ1) is 7.95. The summed E-state index contributed by atoms with van der Waals surface area (Å²) in [7, 11) is 0. The number of halogens is 1. The summed E-state index contributed by atoms with van der Waals surface area (Å²) in [5.74, 6) is 0.612. The van der Waals surface area contributed by atoms with Crippen molar-refractivity contribution in [3.05, 3.63) is 20.8 Å². The van der Waals surface area contributed by atoms with E-state index < -0.39 is 0 Å². The third kappa shape index (κ3) is 5.08. The second-order valence-corrected chi connectivity index (χ2v) is 7.15. The zero-order chi connectivity index (χ0) is 12.9. The van der Waals surface area contributed by atoms with Crippen LogP contribution in [0.3, 0.4) is 0 Å². The number of nitrogens with one attached hydrogen (secondary N) is 1. The van der Waals surface area contributed by atoms with Gasteiger partial charge in [-0.15, -0.1) is 11.3 Å². The Bertz CT molecular complexity index is 336. The zero-order valence-corrected chi connectivity index (χ0v) is 13.3. The molecule has 1 atom stereocenters. The number of thiophene rings is 1. The van der Waals surface area contributed by atoms with Crippen molar-refractivity contribution >= 4 is 27.3 Å². The average molecular weight is 319 g/mol. The SMILES string of the molecule is CC(CN)CCNCC(C)(C)c1cc(Br)cs1. The molecule has 0 saturated carbocycles. The van der Waals surface area contributed by atoms with Crippen molar-refractivity contribution in [2.24, 2.45) is 11.7 Å². The smallest absolute Gasteiger partial charge is 0.0285 e. The molecule has 4 heteroatoms. The topological polar surface area (TPSA) is 38.0 Å². The molecule has 0 radical (unpaired) electrons. The molecule has 98 valence electrons. The highest BCUT2D eigenvalue weighted by atomic mass is 79.9. The lowest BCUT2D eigenvalue weighted by molar-refractivity contribution is 0.445. The minimum Gasteiger partial charge on any atom is -0.330 e. The van der Waals surface area contributed by atoms with Crippen LogP contribution < -0.4 is 11.1 Å². The molecule has 0 aliphatic rings. The van der Waals surface area contributed by atoms with Crippen LogP contribution in [-0.4, -0.2) is 19.6 Å². The Hall–Kier alpha value is 0.1000. The van der Waals surface area contributed by atoms with Gasteiger partial charge in [-0.1, -0.05) is 20.8 Å². The molecule has 1 aromatic heterocycles. The van der Waals surface area contributed by atoms with Gasteiger partial charge >= 0.3 is 0 Å². The van der Waals surface area contributed by atoms with E-state index in [4.69, 9.17) is 5.73 Å². The highest BCUT2D eigenvalue weighted by molar-refractivity contribution is 9.10. The number of nitrogens with two attached hydrogens (primary N) is 1. The van der Waals surface area contributed by atoms with Crippen molar-refractivity contribution < 1.29 is 0 Å². The molecule has 1 rings (SSSR count). The Balaban J connectivity index is 2.35. The van der Waals surface area contributed by atoms with Crippen molar-refractivity contribution in [2.45, 2.75) is 32.6 Å². The first kappa shape index (κ1) is 15.2. The van der Waals surface area contributed by atoms with Crippen LogP contribution in [0.5, 0.6) is 0 Å². The van der Waals surface area contributed by atoms with Crippen LogP contribution >= 0.6 is 27.3 Å². The van der Waals surface area contributed by atoms with Gasteiger partial charge in [0.1, 0.15) is 0 Å². The van der Waals surface area contributed by atoms with Gasteiger partial charge in [0.25, 0.3) is 0 Å². The Kier molecular flexibility index (Phi) is 6.13. The highest BCUT2D eigenvalue weighted by Gasteiger charge is 2.21. The molecule has 0 aliphatic heterocycles. The highest BCUT2D eigenvalue weighted by Crippen LogP contribution is 2.30. The summed E-state index contributed by atoms with van der Waals surface area (Å²) >= 11 is 5.33. The van der Waals surface area contributed by atoms with Gasteiger partial charge in [0.15, 0.2) is 0 Å². The van der Waals surface area contributed by atoms with E-state index in [9.17, 15) is 0 Å². The maximum atomic E-state index is 5.60. The molecule has 2 nitrogen and oxygen atoms in total. The molecule has 17 heavy (non-hydrogen) atoms. The summed E-state index contributed by atoms with van der Waals surface area (Å²) in [6, 6.07) is 2.22. The van der Waals surface area contributed by atoms with Gasteiger partial charge in [0.2, 0.25) is 0 Å². The van der Waals surface area contributed by atoms with Crippen LogP contribution in [0.4, 0.5) is 0 Å². The Morgan fingerprint density at radius 1 is 1.53 bits per heavy atom. The van der Waals surface area contributed by atoms with Crippen LogP contribution in [0, 0.1) is 5.92 Å². The van der Waals surface area contributed by atoms with Crippen molar-refractivity contribution in [2.75, 3.05) is 19.6 Å². The molecule has 3 N–H and O–H groups in total. The molecule has 0 spiro atoms. The fraction of sp³-hybridized carbons (Fsp3) is 0.692. The summed E-state index contributed by atoms with van der Waals surface area (Å²) in [5.41, 5.74) is 5.80. The van der Waals surface area contributed by atoms with E-state index in [2.05, 4.69) is 53.5 Å². The Morgan fingerprint density at radius 2 is 2.24 bits per heavy atom. The largest absolute Gasteiger partial charge is 0.330 e. The molecule has 1 aromatic rings. The molecular formula is C13H23BrN2S. The lowest BCUT2D eigenvalue weighted by atomic mass is 9.91. The third-order valence-corrected chi connectivity index (χ3v) is 5.07. The fourth-order valence-corrected chi connectivity index (χ4v) is 3.18. The first-order valence-electron chi connectivity index (χ1n) is 6.11. The van der Waals surface area contributed by atoms with Crippen LogP contribution in [0.25, 0.3) is 0 Å². The minimum atomic E-state index is 0.197. The molecule has 0 aliphatic carbocycles. The Morgan fingerprint density at radius 3 is 2.76 bits per heavy atom. The molecular weight excluding hydrogens is 296 g/mol. The lowest BCUT2D eigenvalue weighted by Crippen LogP contribution is -2.33. The average Bonchev–Trinajstić information content (AvgIpc) is 2.71. The van der Waals surface area contributed by atoms with Crippen LogP contribution in [0.1, 0.15) is 32.1 Å². The second-order valence-electron chi connectivity index (χ2n) is 5.32. The molecule has 0 amide bonds. The summed E-state index contributed by atoms with van der Waals surface area (Å²) < 4.78 is 1.18. The molecule has 1 unspecified atom stereocenters. The van der Waals surface area contributed by atoms with Crippen LogP contribution in [-0.2, 0) is 5.41 Å². The second kappa shape index (κ2) is 6.88. The van der Waals surface area contributed by atoms with Gasteiger partial charge in [-0.2, -0.15) is 0 Å². The number of rotatable bonds is 7. The van der Waals surface area contributed by atoms with Crippen molar-refractivity contribution in [1.29, 1.82) is 0 Å². The quantitative estimate of drug-likeness (QED) is 0.756. The van der Waals surface area contributed by atoms with Crippen LogP contribution in [0.2, 0.25) is 0 Å². The molecule has 0 saturated heterocycles. The standard InChI is InChI=1S/C13H23BrN2S/c1-10(7-15)4-5-16-9-13(2,3)12-6-11(14)8-17-12/h6,8,10,16H,4-5,7,9,15H2,1-3H3. The van der Waals surface area contributed by atoms with E-state index in [1.165, 1.54) is 9.35 Å². The summed E-state index contributed by atoms with van der Waals surface area (Å²) in [4.78, 5) is 1.42. The molecule has 0 aromatic carbocycles. The number of hydrogen-bond acceptors (Lipinski definition) is 3. The summed E-state index contributed by atoms with van der Waals surface area (Å²) in [6.45, 7) is 9.60. The van der Waals surface area contributed by atoms with E-state index in [1.54, 1.807) is 0 Å². The van der Waals surface area contributed by atoms with Crippen LogP contribution in [0.15, 0.2) is 15.9 Å². The third-order valence-electron chi connectivity index (χ3n) is 3.02. The maximum Gasteiger partial charge on any atom is 0.0285 e. The van der Waals surface area contributed by atoms with Gasteiger partial charge in [-0.3, -0.25) is 0 Å². The van der Waals surface area contributed by atoms with E-state index in [-0.39, 0.29) is 5.41 Å². The minimum absolute atomic E-state index is 0.197. The van der Waals surface area contributed by atoms with Gasteiger partial charge in [0.05, 0.1) is 0 Å². The van der Waals surface area contributed by atoms with Gasteiger partial charge < -0.3 is 11.1 Å². The van der Waals surface area contributed by atoms with E-state index in [1.807, 2.05) is 11.3 Å². The zero-order valence-electron chi connectivity index (χ0n) is 10.9. The predicted octanol–water partition coefficient (Wildman–Crippen LogP) is 3.36. The fourth-order valence-electron chi connectivity index (χ4n) is 1.62. The molecule has 0 bridgehead atoms. The van der Waals surface area contributed by atoms with E-state index in [0.717, 1.165) is 26.1 Å². The maximum absolute atomic E-state index is 5.60. The monoisotopic (exact) mass is 318 g/mol. The van der Waals surface area contributed by atoms with Gasteiger partial charge in [-0.05, 0) is 47.4 Å². The van der Waals surface area contributed by atoms with E-state index >= 15 is 0 Å². The van der Waals surface area contributed by atoms with Gasteiger partial charge in [0, 0.05) is 26.7 Å². The summed E-state index contributed by atoms with van der Waals surface area (Å²) in [5, 5.41) is 5.68. The van der Waals surface area contributed by atoms with E-state index in [0.29, 0.717) is 5.92 Å². The Labute approximate surface area is 117 Å². The molecule has 1 heterocycles. The predicted molar refractivity (Wildman–Crippen MR) is 80.8 cm³/mol. The van der Waals surface area contributed by atoms with Crippen molar-refractivity contribution in [3.8, 4) is 0 Å². The number of hydrogen-bond donors (Lipinski definition) is 2. The van der Waals surface area contributed by atoms with Gasteiger partial charge in [-0.25, -0.2) is 0 Å². The van der Waals surface area contributed by atoms with Crippen molar-refractivity contribution in [3.63, 3.8) is 0 Å². The van der Waals surface area contributed by atoms with Crippen molar-refractivity contribution in [1.82, 2.24) is 5.32 Å². The normalized spacial score (nSPS) is 13.9. The molecule has 0 fully saturated rings.